The van der Waals surface area contributed by atoms with Gasteiger partial charge < -0.3 is 4.98 Å². The summed E-state index contributed by atoms with van der Waals surface area (Å²) in [6, 6.07) is 2.15. The molecule has 3 rings (SSSR count). The van der Waals surface area contributed by atoms with Gasteiger partial charge in [-0.05, 0) is 23.9 Å². The number of aromatic amines is 1. The molecule has 0 spiro atoms. The molecule has 3 heterocycles. The van der Waals surface area contributed by atoms with Crippen LogP contribution in [0.25, 0.3) is 0 Å². The van der Waals surface area contributed by atoms with E-state index in [2.05, 4.69) is 47.1 Å². The Balaban J connectivity index is 1.83. The number of aromatic nitrogens is 2. The van der Waals surface area contributed by atoms with Crippen LogP contribution in [0, 0.1) is 6.92 Å². The molecule has 0 saturated heterocycles. The first-order valence-electron chi connectivity index (χ1n) is 7.42. The fourth-order valence-corrected chi connectivity index (χ4v) is 3.63. The fraction of sp³-hybridized carbons (Fsp3) is 0.500. The first-order valence-corrected chi connectivity index (χ1v) is 8.30. The predicted octanol–water partition coefficient (Wildman–Crippen LogP) is 2.82. The van der Waals surface area contributed by atoms with E-state index in [1.807, 2.05) is 0 Å². The van der Waals surface area contributed by atoms with E-state index in [1.165, 1.54) is 10.4 Å². The maximum absolute atomic E-state index is 12.3. The lowest BCUT2D eigenvalue weighted by atomic mass is 10.1. The maximum atomic E-state index is 12.3. The monoisotopic (exact) mass is 303 g/mol. The largest absolute Gasteiger partial charge is 0.310 e. The summed E-state index contributed by atoms with van der Waals surface area (Å²) < 4.78 is 0. The van der Waals surface area contributed by atoms with Gasteiger partial charge in [0.15, 0.2) is 0 Å². The van der Waals surface area contributed by atoms with Gasteiger partial charge in [-0.3, -0.25) is 9.69 Å². The SMILES string of the molecule is Cc1ccsc1CN1CCc2nc(C(C)C)[nH]c(=O)c2C1. The summed E-state index contributed by atoms with van der Waals surface area (Å²) in [5.41, 5.74) is 3.21. The fourth-order valence-electron chi connectivity index (χ4n) is 2.68. The second kappa shape index (κ2) is 5.73. The summed E-state index contributed by atoms with van der Waals surface area (Å²) in [6.45, 7) is 8.85. The highest BCUT2D eigenvalue weighted by atomic mass is 32.1. The molecule has 0 atom stereocenters. The summed E-state index contributed by atoms with van der Waals surface area (Å²) in [7, 11) is 0. The molecule has 0 saturated carbocycles. The van der Waals surface area contributed by atoms with Crippen molar-refractivity contribution in [2.24, 2.45) is 0 Å². The second-order valence-corrected chi connectivity index (χ2v) is 7.02. The van der Waals surface area contributed by atoms with Gasteiger partial charge in [-0.1, -0.05) is 13.8 Å². The van der Waals surface area contributed by atoms with Crippen LogP contribution in [0.1, 0.15) is 47.3 Å². The second-order valence-electron chi connectivity index (χ2n) is 6.02. The van der Waals surface area contributed by atoms with Crippen LogP contribution in [-0.2, 0) is 19.5 Å². The zero-order valence-electron chi connectivity index (χ0n) is 12.8. The molecule has 0 amide bonds. The molecule has 1 aliphatic heterocycles. The molecule has 1 N–H and O–H groups in total. The molecule has 21 heavy (non-hydrogen) atoms. The Kier molecular flexibility index (Phi) is 3.95. The molecule has 2 aromatic rings. The van der Waals surface area contributed by atoms with Crippen LogP contribution in [0.3, 0.4) is 0 Å². The molecule has 112 valence electrons. The van der Waals surface area contributed by atoms with Crippen molar-refractivity contribution >= 4 is 11.3 Å². The van der Waals surface area contributed by atoms with Gasteiger partial charge in [-0.15, -0.1) is 11.3 Å². The van der Waals surface area contributed by atoms with E-state index in [4.69, 9.17) is 0 Å². The molecule has 1 aliphatic rings. The maximum Gasteiger partial charge on any atom is 0.255 e. The summed E-state index contributed by atoms with van der Waals surface area (Å²) in [6.07, 6.45) is 0.864. The average molecular weight is 303 g/mol. The standard InChI is InChI=1S/C16H21N3OS/c1-10(2)15-17-13-4-6-19(8-12(13)16(20)18-15)9-14-11(3)5-7-21-14/h5,7,10H,4,6,8-9H2,1-3H3,(H,17,18,20). The molecule has 0 aliphatic carbocycles. The molecule has 0 bridgehead atoms. The van der Waals surface area contributed by atoms with Crippen molar-refractivity contribution in [3.8, 4) is 0 Å². The molecule has 0 radical (unpaired) electrons. The Morgan fingerprint density at radius 1 is 1.48 bits per heavy atom. The van der Waals surface area contributed by atoms with Gasteiger partial charge in [0.1, 0.15) is 5.82 Å². The highest BCUT2D eigenvalue weighted by molar-refractivity contribution is 7.10. The van der Waals surface area contributed by atoms with Crippen molar-refractivity contribution in [3.63, 3.8) is 0 Å². The van der Waals surface area contributed by atoms with Crippen LogP contribution < -0.4 is 5.56 Å². The van der Waals surface area contributed by atoms with E-state index in [1.54, 1.807) is 11.3 Å². The highest BCUT2D eigenvalue weighted by Crippen LogP contribution is 2.22. The predicted molar refractivity (Wildman–Crippen MR) is 85.8 cm³/mol. The number of thiophene rings is 1. The van der Waals surface area contributed by atoms with Crippen molar-refractivity contribution in [2.75, 3.05) is 6.54 Å². The van der Waals surface area contributed by atoms with Crippen LogP contribution in [0.2, 0.25) is 0 Å². The summed E-state index contributed by atoms with van der Waals surface area (Å²) >= 11 is 1.79. The van der Waals surface area contributed by atoms with Gasteiger partial charge in [-0.25, -0.2) is 4.98 Å². The number of aryl methyl sites for hydroxylation is 1. The van der Waals surface area contributed by atoms with Crippen LogP contribution in [-0.4, -0.2) is 21.4 Å². The first-order chi connectivity index (χ1) is 10.0. The lowest BCUT2D eigenvalue weighted by Gasteiger charge is -2.27. The minimum atomic E-state index is 0.0382. The lowest BCUT2D eigenvalue weighted by molar-refractivity contribution is 0.243. The molecule has 0 unspecified atom stereocenters. The van der Waals surface area contributed by atoms with Gasteiger partial charge in [0.05, 0.1) is 11.3 Å². The molecule has 4 nitrogen and oxygen atoms in total. The Bertz CT molecular complexity index is 702. The van der Waals surface area contributed by atoms with E-state index in [9.17, 15) is 4.79 Å². The van der Waals surface area contributed by atoms with Crippen LogP contribution >= 0.6 is 11.3 Å². The Morgan fingerprint density at radius 3 is 2.95 bits per heavy atom. The van der Waals surface area contributed by atoms with Crippen LogP contribution in [0.15, 0.2) is 16.2 Å². The van der Waals surface area contributed by atoms with E-state index in [-0.39, 0.29) is 11.5 Å². The zero-order valence-corrected chi connectivity index (χ0v) is 13.6. The number of nitrogens with one attached hydrogen (secondary N) is 1. The quantitative estimate of drug-likeness (QED) is 0.948. The highest BCUT2D eigenvalue weighted by Gasteiger charge is 2.22. The molecule has 0 aromatic carbocycles. The third-order valence-electron chi connectivity index (χ3n) is 4.05. The van der Waals surface area contributed by atoms with Crippen molar-refractivity contribution in [2.45, 2.75) is 46.2 Å². The molecular formula is C16H21N3OS. The minimum Gasteiger partial charge on any atom is -0.310 e. The van der Waals surface area contributed by atoms with Crippen molar-refractivity contribution < 1.29 is 0 Å². The third kappa shape index (κ3) is 2.94. The number of nitrogens with zero attached hydrogens (tertiary/aromatic N) is 2. The van der Waals surface area contributed by atoms with Crippen LogP contribution in [0.4, 0.5) is 0 Å². The van der Waals surface area contributed by atoms with Crippen LogP contribution in [0.5, 0.6) is 0 Å². The first kappa shape index (κ1) is 14.5. The molecular weight excluding hydrogens is 282 g/mol. The molecule has 0 fully saturated rings. The normalized spacial score (nSPS) is 15.4. The third-order valence-corrected chi connectivity index (χ3v) is 5.06. The van der Waals surface area contributed by atoms with Gasteiger partial charge in [0.25, 0.3) is 5.56 Å². The van der Waals surface area contributed by atoms with E-state index < -0.39 is 0 Å². The summed E-state index contributed by atoms with van der Waals surface area (Å²) in [5, 5.41) is 2.13. The van der Waals surface area contributed by atoms with Gasteiger partial charge in [0, 0.05) is 36.9 Å². The molecule has 5 heteroatoms. The van der Waals surface area contributed by atoms with E-state index in [0.29, 0.717) is 6.54 Å². The number of rotatable bonds is 3. The average Bonchev–Trinajstić information content (AvgIpc) is 2.84. The lowest BCUT2D eigenvalue weighted by Crippen LogP contribution is -2.35. The number of hydrogen-bond acceptors (Lipinski definition) is 4. The van der Waals surface area contributed by atoms with E-state index in [0.717, 1.165) is 36.6 Å². The topological polar surface area (TPSA) is 49.0 Å². The smallest absolute Gasteiger partial charge is 0.255 e. The Labute approximate surface area is 128 Å². The summed E-state index contributed by atoms with van der Waals surface area (Å²) in [5.74, 6) is 1.07. The summed E-state index contributed by atoms with van der Waals surface area (Å²) in [4.78, 5) is 23.6. The Hall–Kier alpha value is -1.46. The number of fused-ring (bicyclic) bond motifs is 1. The van der Waals surface area contributed by atoms with E-state index >= 15 is 0 Å². The minimum absolute atomic E-state index is 0.0382. The van der Waals surface area contributed by atoms with Gasteiger partial charge in [0.2, 0.25) is 0 Å². The van der Waals surface area contributed by atoms with Gasteiger partial charge in [-0.2, -0.15) is 0 Å². The number of H-pyrrole nitrogens is 1. The van der Waals surface area contributed by atoms with Crippen molar-refractivity contribution in [1.29, 1.82) is 0 Å². The molecule has 2 aromatic heterocycles. The van der Waals surface area contributed by atoms with Crippen molar-refractivity contribution in [3.05, 3.63) is 49.3 Å². The Morgan fingerprint density at radius 2 is 2.29 bits per heavy atom. The van der Waals surface area contributed by atoms with Gasteiger partial charge >= 0.3 is 0 Å². The number of hydrogen-bond donors (Lipinski definition) is 1. The van der Waals surface area contributed by atoms with Crippen molar-refractivity contribution in [1.82, 2.24) is 14.9 Å². The zero-order chi connectivity index (χ0) is 15.0.